The summed E-state index contributed by atoms with van der Waals surface area (Å²) in [5.41, 5.74) is 0.478. The van der Waals surface area contributed by atoms with Gasteiger partial charge in [0, 0.05) is 13.0 Å². The second-order valence-corrected chi connectivity index (χ2v) is 3.93. The number of nitrogens with one attached hydrogen (secondary N) is 1. The molecule has 1 fully saturated rings. The Bertz CT molecular complexity index is 418. The Morgan fingerprint density at radius 2 is 2.00 bits per heavy atom. The van der Waals surface area contributed by atoms with Crippen LogP contribution in [0.1, 0.15) is 16.8 Å². The Morgan fingerprint density at radius 3 is 2.59 bits per heavy atom. The smallest absolute Gasteiger partial charge is 0.338 e. The highest BCUT2D eigenvalue weighted by molar-refractivity contribution is 5.89. The van der Waals surface area contributed by atoms with E-state index < -0.39 is 18.0 Å². The van der Waals surface area contributed by atoms with E-state index in [1.165, 1.54) is 0 Å². The molecule has 2 N–H and O–H groups in total. The van der Waals surface area contributed by atoms with E-state index in [1.807, 2.05) is 6.07 Å². The molecule has 0 unspecified atom stereocenters. The molecule has 1 aliphatic heterocycles. The van der Waals surface area contributed by atoms with Gasteiger partial charge in [0.15, 0.2) is 0 Å². The third kappa shape index (κ3) is 2.82. The molecule has 1 saturated heterocycles. The van der Waals surface area contributed by atoms with E-state index in [-0.39, 0.29) is 6.10 Å². The summed E-state index contributed by atoms with van der Waals surface area (Å²) in [4.78, 5) is 22.4. The first-order valence-electron chi connectivity index (χ1n) is 5.39. The van der Waals surface area contributed by atoms with Crippen molar-refractivity contribution in [2.45, 2.75) is 18.6 Å². The van der Waals surface area contributed by atoms with Crippen LogP contribution in [0, 0.1) is 0 Å². The van der Waals surface area contributed by atoms with Gasteiger partial charge in [-0.1, -0.05) is 18.2 Å². The average molecular weight is 235 g/mol. The molecule has 0 radical (unpaired) electrons. The lowest BCUT2D eigenvalue weighted by molar-refractivity contribution is -0.139. The molecule has 1 aromatic rings. The minimum absolute atomic E-state index is 0.313. The molecule has 0 aliphatic carbocycles. The van der Waals surface area contributed by atoms with Gasteiger partial charge in [-0.05, 0) is 12.1 Å². The molecule has 2 atom stereocenters. The molecule has 0 spiro atoms. The highest BCUT2D eigenvalue weighted by Crippen LogP contribution is 2.13. The quantitative estimate of drug-likeness (QED) is 0.753. The first-order valence-corrected chi connectivity index (χ1v) is 5.39. The summed E-state index contributed by atoms with van der Waals surface area (Å²) in [6.07, 6.45) is -0.0581. The van der Waals surface area contributed by atoms with Gasteiger partial charge in [-0.2, -0.15) is 0 Å². The van der Waals surface area contributed by atoms with Crippen LogP contribution in [0.4, 0.5) is 0 Å². The minimum Gasteiger partial charge on any atom is -0.480 e. The van der Waals surface area contributed by atoms with Gasteiger partial charge in [-0.25, -0.2) is 4.79 Å². The van der Waals surface area contributed by atoms with Crippen LogP contribution in [0.15, 0.2) is 30.3 Å². The number of esters is 1. The largest absolute Gasteiger partial charge is 0.480 e. The van der Waals surface area contributed by atoms with Gasteiger partial charge >= 0.3 is 11.9 Å². The number of carboxylic acids is 1. The number of rotatable bonds is 3. The number of hydrogen-bond acceptors (Lipinski definition) is 4. The molecule has 0 bridgehead atoms. The van der Waals surface area contributed by atoms with E-state index in [9.17, 15) is 9.59 Å². The first-order chi connectivity index (χ1) is 8.16. The maximum Gasteiger partial charge on any atom is 0.338 e. The maximum atomic E-state index is 11.7. The van der Waals surface area contributed by atoms with Crippen molar-refractivity contribution in [3.05, 3.63) is 35.9 Å². The second kappa shape index (κ2) is 4.97. The zero-order valence-electron chi connectivity index (χ0n) is 9.13. The topological polar surface area (TPSA) is 75.6 Å². The Hall–Kier alpha value is -1.88. The maximum absolute atomic E-state index is 11.7. The van der Waals surface area contributed by atoms with Crippen LogP contribution in [0.5, 0.6) is 0 Å². The fourth-order valence-corrected chi connectivity index (χ4v) is 1.77. The van der Waals surface area contributed by atoms with Crippen LogP contribution in [0.25, 0.3) is 0 Å². The fourth-order valence-electron chi connectivity index (χ4n) is 1.77. The lowest BCUT2D eigenvalue weighted by Crippen LogP contribution is -2.30. The molecule has 5 nitrogen and oxygen atoms in total. The lowest BCUT2D eigenvalue weighted by atomic mass is 10.2. The number of hydrogen-bond donors (Lipinski definition) is 2. The highest BCUT2D eigenvalue weighted by Gasteiger charge is 2.31. The van der Waals surface area contributed by atoms with E-state index in [0.717, 1.165) is 0 Å². The predicted octanol–water partition coefficient (Wildman–Crippen LogP) is 0.658. The van der Waals surface area contributed by atoms with Crippen LogP contribution < -0.4 is 5.32 Å². The minimum atomic E-state index is -0.914. The number of ether oxygens (including phenoxy) is 1. The number of carbonyl (C=O) groups is 2. The Balaban J connectivity index is 1.91. The summed E-state index contributed by atoms with van der Waals surface area (Å²) >= 11 is 0. The molecule has 90 valence electrons. The van der Waals surface area contributed by atoms with Crippen molar-refractivity contribution >= 4 is 11.9 Å². The van der Waals surface area contributed by atoms with Gasteiger partial charge < -0.3 is 15.2 Å². The van der Waals surface area contributed by atoms with E-state index in [2.05, 4.69) is 5.32 Å². The summed E-state index contributed by atoms with van der Waals surface area (Å²) in [7, 11) is 0. The van der Waals surface area contributed by atoms with Crippen molar-refractivity contribution in [2.24, 2.45) is 0 Å². The molecule has 1 aromatic carbocycles. The van der Waals surface area contributed by atoms with Crippen molar-refractivity contribution < 1.29 is 19.4 Å². The second-order valence-electron chi connectivity index (χ2n) is 3.93. The third-order valence-corrected chi connectivity index (χ3v) is 2.67. The standard InChI is InChI=1S/C12H13NO4/c14-11(15)10-6-9(7-13-10)17-12(16)8-4-2-1-3-5-8/h1-5,9-10,13H,6-7H2,(H,14,15)/t9-,10+/m1/s1. The lowest BCUT2D eigenvalue weighted by Gasteiger charge is -2.10. The first kappa shape index (κ1) is 11.6. The fraction of sp³-hybridized carbons (Fsp3) is 0.333. The average Bonchev–Trinajstić information content (AvgIpc) is 2.79. The number of aliphatic carboxylic acids is 1. The highest BCUT2D eigenvalue weighted by atomic mass is 16.5. The molecule has 0 aromatic heterocycles. The van der Waals surface area contributed by atoms with Gasteiger partial charge in [0.05, 0.1) is 5.56 Å². The molecular formula is C12H13NO4. The van der Waals surface area contributed by atoms with Crippen molar-refractivity contribution in [3.63, 3.8) is 0 Å². The normalized spacial score (nSPS) is 23.3. The molecule has 1 aliphatic rings. The Morgan fingerprint density at radius 1 is 1.29 bits per heavy atom. The molecule has 1 heterocycles. The molecule has 5 heteroatoms. The van der Waals surface area contributed by atoms with Crippen LogP contribution in [0.2, 0.25) is 0 Å². The summed E-state index contributed by atoms with van der Waals surface area (Å²) in [5.74, 6) is -1.33. The van der Waals surface area contributed by atoms with Crippen LogP contribution >= 0.6 is 0 Å². The number of carbonyl (C=O) groups excluding carboxylic acids is 1. The zero-order valence-corrected chi connectivity index (χ0v) is 9.13. The summed E-state index contributed by atoms with van der Waals surface area (Å²) in [6.45, 7) is 0.384. The van der Waals surface area contributed by atoms with E-state index >= 15 is 0 Å². The summed E-state index contributed by atoms with van der Waals surface area (Å²) < 4.78 is 5.21. The van der Waals surface area contributed by atoms with Crippen molar-refractivity contribution in [1.82, 2.24) is 5.32 Å². The van der Waals surface area contributed by atoms with E-state index in [4.69, 9.17) is 9.84 Å². The van der Waals surface area contributed by atoms with Gasteiger partial charge in [0.1, 0.15) is 12.1 Å². The van der Waals surface area contributed by atoms with Crippen LogP contribution in [-0.2, 0) is 9.53 Å². The van der Waals surface area contributed by atoms with Gasteiger partial charge in [0.2, 0.25) is 0 Å². The Labute approximate surface area is 98.4 Å². The van der Waals surface area contributed by atoms with Gasteiger partial charge in [-0.15, -0.1) is 0 Å². The SMILES string of the molecule is O=C(O[C@H]1CN[C@H](C(=O)O)C1)c1ccccc1. The summed E-state index contributed by atoms with van der Waals surface area (Å²) in [6, 6.07) is 8.03. The van der Waals surface area contributed by atoms with E-state index in [1.54, 1.807) is 24.3 Å². The van der Waals surface area contributed by atoms with Gasteiger partial charge in [-0.3, -0.25) is 4.79 Å². The van der Waals surface area contributed by atoms with Crippen molar-refractivity contribution in [3.8, 4) is 0 Å². The number of carboxylic acid groups (broad SMARTS) is 1. The monoisotopic (exact) mass is 235 g/mol. The van der Waals surface area contributed by atoms with Crippen LogP contribution in [0.3, 0.4) is 0 Å². The van der Waals surface area contributed by atoms with Crippen molar-refractivity contribution in [2.75, 3.05) is 6.54 Å². The van der Waals surface area contributed by atoms with Crippen LogP contribution in [-0.4, -0.2) is 35.7 Å². The summed E-state index contributed by atoms with van der Waals surface area (Å²) in [5, 5.41) is 11.6. The van der Waals surface area contributed by atoms with E-state index in [0.29, 0.717) is 18.5 Å². The molecule has 17 heavy (non-hydrogen) atoms. The zero-order chi connectivity index (χ0) is 12.3. The van der Waals surface area contributed by atoms with Gasteiger partial charge in [0.25, 0.3) is 0 Å². The number of benzene rings is 1. The predicted molar refractivity (Wildman–Crippen MR) is 59.7 cm³/mol. The molecule has 2 rings (SSSR count). The molecular weight excluding hydrogens is 222 g/mol. The molecule has 0 amide bonds. The Kier molecular flexibility index (Phi) is 3.39. The third-order valence-electron chi connectivity index (χ3n) is 2.67. The molecule has 0 saturated carbocycles. The van der Waals surface area contributed by atoms with Crippen molar-refractivity contribution in [1.29, 1.82) is 0 Å².